The number of aromatic nitrogens is 4. The van der Waals surface area contributed by atoms with Gasteiger partial charge >= 0.3 is 0 Å². The molecule has 3 heterocycles. The van der Waals surface area contributed by atoms with Gasteiger partial charge in [0.2, 0.25) is 4.96 Å². The third kappa shape index (κ3) is 3.33. The van der Waals surface area contributed by atoms with Gasteiger partial charge in [0.1, 0.15) is 0 Å². The number of nitrogens with zero attached hydrogens (tertiary/aromatic N) is 5. The zero-order chi connectivity index (χ0) is 18.8. The predicted octanol–water partition coefficient (Wildman–Crippen LogP) is 2.61. The molecule has 0 N–H and O–H groups in total. The van der Waals surface area contributed by atoms with Crippen molar-refractivity contribution < 1.29 is 0 Å². The topological polar surface area (TPSA) is 63.4 Å². The van der Waals surface area contributed by atoms with E-state index >= 15 is 0 Å². The first kappa shape index (κ1) is 17.4. The maximum Gasteiger partial charge on any atom is 0.291 e. The van der Waals surface area contributed by atoms with Gasteiger partial charge in [-0.3, -0.25) is 9.78 Å². The Hall–Kier alpha value is -3.06. The highest BCUT2D eigenvalue weighted by atomic mass is 32.1. The standard InChI is InChI=1S/C20H19N5OS/c1-3-24(4-2)16-9-7-14(8-10-16)12-17-19(26)25-20(27-17)22-18(23-25)15-6-5-11-21-13-15/h5-13H,3-4H2,1-2H3/b17-12-. The van der Waals surface area contributed by atoms with Crippen LogP contribution in [-0.2, 0) is 0 Å². The fourth-order valence-electron chi connectivity index (χ4n) is 2.97. The summed E-state index contributed by atoms with van der Waals surface area (Å²) in [6.45, 7) is 6.22. The molecule has 0 aliphatic heterocycles. The van der Waals surface area contributed by atoms with E-state index in [0.717, 1.165) is 24.2 Å². The van der Waals surface area contributed by atoms with Crippen LogP contribution in [0.4, 0.5) is 5.69 Å². The summed E-state index contributed by atoms with van der Waals surface area (Å²) in [6, 6.07) is 11.9. The number of anilines is 1. The summed E-state index contributed by atoms with van der Waals surface area (Å²) in [7, 11) is 0. The summed E-state index contributed by atoms with van der Waals surface area (Å²) in [5.41, 5.74) is 2.82. The molecule has 0 atom stereocenters. The second-order valence-corrected chi connectivity index (χ2v) is 7.06. The second kappa shape index (κ2) is 7.28. The Morgan fingerprint density at radius 1 is 1.15 bits per heavy atom. The highest BCUT2D eigenvalue weighted by Gasteiger charge is 2.12. The van der Waals surface area contributed by atoms with Crippen molar-refractivity contribution in [1.29, 1.82) is 0 Å². The summed E-state index contributed by atoms with van der Waals surface area (Å²) in [6.07, 6.45) is 5.27. The first-order valence-electron chi connectivity index (χ1n) is 8.86. The van der Waals surface area contributed by atoms with Crippen LogP contribution in [0.25, 0.3) is 22.4 Å². The summed E-state index contributed by atoms with van der Waals surface area (Å²) in [5, 5.41) is 4.34. The molecular formula is C20H19N5OS. The van der Waals surface area contributed by atoms with Crippen LogP contribution < -0.4 is 15.0 Å². The van der Waals surface area contributed by atoms with Crippen LogP contribution in [-0.4, -0.2) is 32.7 Å². The molecule has 0 radical (unpaired) electrons. The summed E-state index contributed by atoms with van der Waals surface area (Å²) in [4.78, 5) is 24.1. The van der Waals surface area contributed by atoms with Crippen LogP contribution in [0.3, 0.4) is 0 Å². The van der Waals surface area contributed by atoms with Gasteiger partial charge in [0, 0.05) is 36.7 Å². The molecule has 6 nitrogen and oxygen atoms in total. The maximum atomic E-state index is 12.7. The van der Waals surface area contributed by atoms with E-state index in [1.165, 1.54) is 21.5 Å². The van der Waals surface area contributed by atoms with Crippen LogP contribution >= 0.6 is 11.3 Å². The molecule has 0 saturated heterocycles. The average molecular weight is 377 g/mol. The van der Waals surface area contributed by atoms with Crippen molar-refractivity contribution in [2.75, 3.05) is 18.0 Å². The van der Waals surface area contributed by atoms with E-state index in [0.29, 0.717) is 15.3 Å². The molecule has 4 aromatic rings. The summed E-state index contributed by atoms with van der Waals surface area (Å²) < 4.78 is 1.99. The lowest BCUT2D eigenvalue weighted by atomic mass is 10.2. The van der Waals surface area contributed by atoms with E-state index in [9.17, 15) is 4.79 Å². The Morgan fingerprint density at radius 2 is 1.93 bits per heavy atom. The van der Waals surface area contributed by atoms with Crippen LogP contribution in [0, 0.1) is 0 Å². The molecule has 0 unspecified atom stereocenters. The van der Waals surface area contributed by atoms with Crippen LogP contribution in [0.2, 0.25) is 0 Å². The van der Waals surface area contributed by atoms with Crippen LogP contribution in [0.15, 0.2) is 53.6 Å². The van der Waals surface area contributed by atoms with E-state index < -0.39 is 0 Å². The number of rotatable bonds is 5. The monoisotopic (exact) mass is 377 g/mol. The highest BCUT2D eigenvalue weighted by molar-refractivity contribution is 7.15. The van der Waals surface area contributed by atoms with Gasteiger partial charge in [-0.2, -0.15) is 9.50 Å². The minimum atomic E-state index is -0.148. The van der Waals surface area contributed by atoms with Crippen molar-refractivity contribution in [2.24, 2.45) is 0 Å². The number of fused-ring (bicyclic) bond motifs is 1. The molecule has 0 fully saturated rings. The SMILES string of the molecule is CCN(CC)c1ccc(/C=c2\sc3nc(-c4cccnc4)nn3c2=O)cc1. The molecule has 1 aromatic carbocycles. The van der Waals surface area contributed by atoms with Gasteiger partial charge in [-0.15, -0.1) is 5.10 Å². The molecule has 0 saturated carbocycles. The number of pyridine rings is 1. The Kier molecular flexibility index (Phi) is 4.68. The van der Waals surface area contributed by atoms with Gasteiger partial charge < -0.3 is 4.90 Å². The molecule has 27 heavy (non-hydrogen) atoms. The predicted molar refractivity (Wildman–Crippen MR) is 109 cm³/mol. The van der Waals surface area contributed by atoms with E-state index in [2.05, 4.69) is 45.9 Å². The zero-order valence-corrected chi connectivity index (χ0v) is 16.0. The fraction of sp³-hybridized carbons (Fsp3) is 0.200. The number of benzene rings is 1. The van der Waals surface area contributed by atoms with E-state index in [1.54, 1.807) is 12.4 Å². The summed E-state index contributed by atoms with van der Waals surface area (Å²) >= 11 is 1.34. The molecule has 0 aliphatic carbocycles. The molecule has 4 rings (SSSR count). The molecule has 0 spiro atoms. The Balaban J connectivity index is 1.69. The molecule has 0 aliphatic rings. The second-order valence-electron chi connectivity index (χ2n) is 6.05. The van der Waals surface area contributed by atoms with Crippen molar-refractivity contribution in [2.45, 2.75) is 13.8 Å². The first-order valence-corrected chi connectivity index (χ1v) is 9.68. The number of thiazole rings is 1. The highest BCUT2D eigenvalue weighted by Crippen LogP contribution is 2.16. The Morgan fingerprint density at radius 3 is 2.56 bits per heavy atom. The lowest BCUT2D eigenvalue weighted by Crippen LogP contribution is -2.23. The van der Waals surface area contributed by atoms with E-state index in [1.807, 2.05) is 30.3 Å². The molecule has 3 aromatic heterocycles. The van der Waals surface area contributed by atoms with Crippen LogP contribution in [0.1, 0.15) is 19.4 Å². The van der Waals surface area contributed by atoms with Crippen molar-refractivity contribution in [3.63, 3.8) is 0 Å². The molecule has 136 valence electrons. The van der Waals surface area contributed by atoms with Crippen LogP contribution in [0.5, 0.6) is 0 Å². The Labute approximate surface area is 160 Å². The van der Waals surface area contributed by atoms with Crippen molar-refractivity contribution in [1.82, 2.24) is 19.6 Å². The molecular weight excluding hydrogens is 358 g/mol. The van der Waals surface area contributed by atoms with Crippen molar-refractivity contribution >= 4 is 28.1 Å². The van der Waals surface area contributed by atoms with Gasteiger partial charge in [0.05, 0.1) is 4.53 Å². The van der Waals surface area contributed by atoms with Crippen molar-refractivity contribution in [3.8, 4) is 11.4 Å². The third-order valence-corrected chi connectivity index (χ3v) is 5.38. The average Bonchev–Trinajstić information content (AvgIpc) is 3.25. The van der Waals surface area contributed by atoms with Gasteiger partial charge in [0.25, 0.3) is 5.56 Å². The maximum absolute atomic E-state index is 12.7. The Bertz CT molecular complexity index is 1160. The molecule has 0 bridgehead atoms. The number of hydrogen-bond acceptors (Lipinski definition) is 6. The lowest BCUT2D eigenvalue weighted by molar-refractivity contribution is 0.866. The normalized spacial score (nSPS) is 12.0. The quantitative estimate of drug-likeness (QED) is 0.535. The molecule has 0 amide bonds. The molecule has 7 heteroatoms. The van der Waals surface area contributed by atoms with E-state index in [-0.39, 0.29) is 5.56 Å². The fourth-order valence-corrected chi connectivity index (χ4v) is 3.88. The minimum Gasteiger partial charge on any atom is -0.372 e. The smallest absolute Gasteiger partial charge is 0.291 e. The van der Waals surface area contributed by atoms with Gasteiger partial charge in [-0.1, -0.05) is 23.5 Å². The van der Waals surface area contributed by atoms with E-state index in [4.69, 9.17) is 0 Å². The van der Waals surface area contributed by atoms with Gasteiger partial charge in [0.15, 0.2) is 5.82 Å². The number of hydrogen-bond donors (Lipinski definition) is 0. The minimum absolute atomic E-state index is 0.148. The summed E-state index contributed by atoms with van der Waals surface area (Å²) in [5.74, 6) is 0.515. The zero-order valence-electron chi connectivity index (χ0n) is 15.2. The van der Waals surface area contributed by atoms with Gasteiger partial charge in [-0.25, -0.2) is 0 Å². The van der Waals surface area contributed by atoms with Crippen molar-refractivity contribution in [3.05, 3.63) is 69.2 Å². The lowest BCUT2D eigenvalue weighted by Gasteiger charge is -2.20. The first-order chi connectivity index (χ1) is 13.2. The van der Waals surface area contributed by atoms with Gasteiger partial charge in [-0.05, 0) is 49.8 Å². The third-order valence-electron chi connectivity index (χ3n) is 4.42. The largest absolute Gasteiger partial charge is 0.372 e.